The van der Waals surface area contributed by atoms with Gasteiger partial charge in [0, 0.05) is 56.0 Å². The molecule has 1 saturated heterocycles. The summed E-state index contributed by atoms with van der Waals surface area (Å²) < 4.78 is 8.22. The van der Waals surface area contributed by atoms with Crippen LogP contribution in [0.5, 0.6) is 5.75 Å². The van der Waals surface area contributed by atoms with E-state index in [1.165, 1.54) is 33.0 Å². The maximum atomic E-state index is 15.1. The molecule has 1 fully saturated rings. The van der Waals surface area contributed by atoms with Crippen LogP contribution in [0.25, 0.3) is 10.9 Å². The number of aliphatic hydroxyl groups excluding tert-OH is 3. The summed E-state index contributed by atoms with van der Waals surface area (Å²) in [5, 5.41) is 86.7. The number of rotatable bonds is 31. The molecular weight excluding hydrogens is 1340 g/mol. The summed E-state index contributed by atoms with van der Waals surface area (Å²) in [7, 11) is 1.33. The first-order chi connectivity index (χ1) is 45.0. The van der Waals surface area contributed by atoms with Gasteiger partial charge >= 0.3 is 22.4 Å². The summed E-state index contributed by atoms with van der Waals surface area (Å²) in [6.07, 6.45) is -0.114. The summed E-state index contributed by atoms with van der Waals surface area (Å²) in [5.41, 5.74) is 20.1. The number of aromatic nitrogens is 1. The van der Waals surface area contributed by atoms with Gasteiger partial charge in [-0.25, -0.2) is 0 Å². The number of unbranched alkanes of at least 4 members (excludes halogenated alkanes) is 2. The Bertz CT molecular complexity index is 3150. The molecule has 0 radical (unpaired) electrons. The molecule has 5 rings (SSSR count). The molecule has 29 nitrogen and oxygen atoms in total. The molecule has 0 saturated carbocycles. The van der Waals surface area contributed by atoms with Gasteiger partial charge in [-0.15, -0.1) is 5.75 Å². The number of thioether (sulfide) groups is 1. The van der Waals surface area contributed by atoms with Gasteiger partial charge in [-0.3, -0.25) is 48.3 Å². The van der Waals surface area contributed by atoms with Crippen LogP contribution in [0.3, 0.4) is 0 Å². The molecule has 1 aromatic heterocycles. The molecule has 0 spiro atoms. The fraction of sp³-hybridized carbons (Fsp3) is 0.516. The van der Waals surface area contributed by atoms with Gasteiger partial charge < -0.3 is 108 Å². The molecule has 1 aliphatic heterocycles. The minimum absolute atomic E-state index is 0.000112. The standard InChI is InChI=1S/C62H90N14O14S2.O.Tc/c1-35(78)49(32-77)73-59(87)50(33-91)74-55(83)44(17-9-11-24-63)68-54(82)42(65)31-67-52(81)34-92-26-23-46-62(90)76(3)51(28-37-13-5-4-6-14-37)60(88)72-47(27-38-19-21-40(80)22-20-38)57(85)71-48(29-39-30-66-43-16-8-7-15-41(39)43)58(86)69-45(18-10-12-25-64)56(84)75-53(36(2)79)61(89)70-46;;/h4-8,13-16,19-22,30,35-36,42,44-51,53,66,77-80,91H,9-12,17-18,23-29,31-34,63-65H2,1-3H3,(H,67,81)(H,68,82)(H,69,86)(H,70,89)(H,71,85)(H,72,88)(H,73,87)(H,74,83)(H,75,84);;/q;;+3/p-3/t35-,36-,42+,44+,45+,46+,47+,48-,49-,50+,51+,53+;;/m1../s1/i;;1+1. The van der Waals surface area contributed by atoms with E-state index in [1.54, 1.807) is 54.7 Å². The predicted molar refractivity (Wildman–Crippen MR) is 347 cm³/mol. The quantitative estimate of drug-likeness (QED) is 0.00986. The Morgan fingerprint density at radius 2 is 1.31 bits per heavy atom. The monoisotopic (exact) mass is 1430 g/mol. The van der Waals surface area contributed by atoms with E-state index >= 15 is 9.59 Å². The first-order valence-corrected chi connectivity index (χ1v) is 33.1. The minimum atomic E-state index is -1.73. The third-order valence-corrected chi connectivity index (χ3v) is 16.7. The SMILES string of the molecule is C[C@@H](O)[C@@H]1NC(=O)[C@H](CCCCN)NC(=O)[C@@H](Cc2c[nH]c3ccccc23)NC(=O)[C@H](Cc2ccc(O)cc2)NC(=O)[C@H](Cc2ccccc2)N(C)C(=O)[C@H](CCSCC(=O)NC[C@H](N)C([O-])=N[C@@H](CCCCN)C([O-])=N[C@@H](C[S-])C(=O)N[C@H](CO)[C@@H](C)O)NC1=O.[O]=[99Tc+3]. The van der Waals surface area contributed by atoms with Gasteiger partial charge in [0.15, 0.2) is 0 Å². The summed E-state index contributed by atoms with van der Waals surface area (Å²) in [6, 6.07) is 7.71. The van der Waals surface area contributed by atoms with Gasteiger partial charge in [-0.1, -0.05) is 60.7 Å². The summed E-state index contributed by atoms with van der Waals surface area (Å²) in [4.78, 5) is 127. The number of benzene rings is 3. The number of phenols is 1. The fourth-order valence-corrected chi connectivity index (χ4v) is 11.0. The molecule has 0 unspecified atom stereocenters. The van der Waals surface area contributed by atoms with Crippen molar-refractivity contribution in [1.82, 2.24) is 47.1 Å². The number of carbonyl (C=O) groups is 8. The molecule has 0 aliphatic carbocycles. The van der Waals surface area contributed by atoms with Crippen molar-refractivity contribution < 1.29 is 91.4 Å². The van der Waals surface area contributed by atoms with E-state index in [1.807, 2.05) is 18.2 Å². The molecule has 94 heavy (non-hydrogen) atoms. The number of hydrogen-bond donors (Lipinski definition) is 15. The molecule has 18 N–H and O–H groups in total. The Kier molecular flexibility index (Phi) is 34.8. The van der Waals surface area contributed by atoms with E-state index in [4.69, 9.17) is 33.3 Å². The maximum absolute atomic E-state index is 15.1. The number of aliphatic imine (C=N–C) groups is 2. The van der Waals surface area contributed by atoms with Crippen LogP contribution in [0.2, 0.25) is 0 Å². The number of hydrogen-bond acceptors (Lipinski definition) is 22. The Labute approximate surface area is 565 Å². The normalized spacial score (nSPS) is 20.8. The van der Waals surface area contributed by atoms with Crippen molar-refractivity contribution in [3.63, 3.8) is 0 Å². The zero-order valence-electron chi connectivity index (χ0n) is 52.6. The number of nitrogens with zero attached hydrogens (tertiary/aromatic N) is 3. The van der Waals surface area contributed by atoms with Crippen LogP contribution in [0.15, 0.2) is 95.0 Å². The van der Waals surface area contributed by atoms with Gasteiger partial charge in [0.05, 0.1) is 36.7 Å². The number of aromatic amines is 1. The van der Waals surface area contributed by atoms with E-state index < -0.39 is 145 Å². The van der Waals surface area contributed by atoms with E-state index in [2.05, 4.69) is 52.2 Å². The predicted octanol–water partition coefficient (Wildman–Crippen LogP) is -4.09. The Morgan fingerprint density at radius 3 is 1.95 bits per heavy atom. The Morgan fingerprint density at radius 1 is 0.723 bits per heavy atom. The second-order valence-electron chi connectivity index (χ2n) is 22.6. The van der Waals surface area contributed by atoms with Crippen LogP contribution in [-0.4, -0.2) is 213 Å². The van der Waals surface area contributed by atoms with Gasteiger partial charge in [-0.2, -0.15) is 11.8 Å². The average Bonchev–Trinajstić information content (AvgIpc) is 1.36. The van der Waals surface area contributed by atoms with Gasteiger partial charge in [0.2, 0.25) is 47.3 Å². The van der Waals surface area contributed by atoms with Crippen LogP contribution in [-0.2, 0) is 92.6 Å². The van der Waals surface area contributed by atoms with Crippen LogP contribution in [0.4, 0.5) is 0 Å². The first-order valence-electron chi connectivity index (χ1n) is 30.6. The number of aliphatic hydroxyl groups is 3. The number of amides is 8. The Balaban J connectivity index is 0.00000931. The molecule has 2 heterocycles. The van der Waals surface area contributed by atoms with Crippen LogP contribution >= 0.6 is 11.8 Å². The molecule has 514 valence electrons. The third-order valence-electron chi connectivity index (χ3n) is 15.4. The summed E-state index contributed by atoms with van der Waals surface area (Å²) in [6.45, 7) is 2.03. The van der Waals surface area contributed by atoms with E-state index in [0.717, 1.165) is 46.4 Å². The average molecular weight is 1430 g/mol. The van der Waals surface area contributed by atoms with Crippen molar-refractivity contribution in [2.24, 2.45) is 27.2 Å². The zero-order valence-corrected chi connectivity index (χ0v) is 56.1. The number of para-hydroxylation sites is 1. The summed E-state index contributed by atoms with van der Waals surface area (Å²) in [5.74, 6) is -9.28. The third kappa shape index (κ3) is 25.4. The van der Waals surface area contributed by atoms with Crippen molar-refractivity contribution in [2.45, 2.75) is 151 Å². The van der Waals surface area contributed by atoms with Crippen LogP contribution in [0, 0.1) is 0 Å². The number of aromatic hydroxyl groups is 1. The topological polar surface area (TPSA) is 487 Å². The zero-order chi connectivity index (χ0) is 69.4. The van der Waals surface area contributed by atoms with Crippen molar-refractivity contribution in [3.05, 3.63) is 102 Å². The van der Waals surface area contributed by atoms with E-state index in [9.17, 15) is 59.4 Å². The molecule has 1 aliphatic rings. The number of phenolic OH excluding ortho intramolecular Hbond substituents is 1. The number of carbonyl (C=O) groups excluding carboxylic acids is 8. The van der Waals surface area contributed by atoms with E-state index in [0.29, 0.717) is 42.4 Å². The fourth-order valence-electron chi connectivity index (χ4n) is 9.91. The number of H-pyrrole nitrogens is 1. The number of fused-ring (bicyclic) bond motifs is 1. The van der Waals surface area contributed by atoms with Crippen molar-refractivity contribution in [2.75, 3.05) is 50.5 Å². The Hall–Kier alpha value is -7.39. The van der Waals surface area contributed by atoms with Gasteiger partial charge in [-0.05, 0) is 124 Å². The molecule has 4 aromatic rings. The summed E-state index contributed by atoms with van der Waals surface area (Å²) >= 11 is 6.95. The molecule has 8 amide bonds. The second kappa shape index (κ2) is 41.4. The van der Waals surface area contributed by atoms with Crippen molar-refractivity contribution in [1.29, 1.82) is 0 Å². The molecule has 32 heteroatoms. The second-order valence-corrected chi connectivity index (χ2v) is 24.0. The van der Waals surface area contributed by atoms with Crippen LogP contribution in [0.1, 0.15) is 75.5 Å². The number of nitrogens with two attached hydrogens (primary N) is 3. The first kappa shape index (κ1) is 79.0. The molecular formula is C62H87N14O15S2Tc. The van der Waals surface area contributed by atoms with Crippen molar-refractivity contribution in [3.8, 4) is 5.75 Å². The number of nitrogens with one attached hydrogen (secondary N) is 8. The van der Waals surface area contributed by atoms with Gasteiger partial charge in [0.1, 0.15) is 48.0 Å². The molecule has 12 atom stereocenters. The van der Waals surface area contributed by atoms with Crippen LogP contribution < -0.4 is 64.6 Å². The van der Waals surface area contributed by atoms with E-state index in [-0.39, 0.29) is 74.6 Å². The van der Waals surface area contributed by atoms with Crippen molar-refractivity contribution >= 4 is 94.3 Å². The molecule has 0 bridgehead atoms. The molecule has 3 aromatic carbocycles. The van der Waals surface area contributed by atoms with Gasteiger partial charge in [0.25, 0.3) is 0 Å². The number of likely N-dealkylation sites (N-methyl/N-ethyl adjacent to an activating group) is 1.